The molecule has 0 bridgehead atoms. The summed E-state index contributed by atoms with van der Waals surface area (Å²) >= 11 is 1.36. The third-order valence-electron chi connectivity index (χ3n) is 4.09. The highest BCUT2D eigenvalue weighted by Crippen LogP contribution is 2.27. The number of nitrogens with one attached hydrogen (secondary N) is 2. The van der Waals surface area contributed by atoms with E-state index in [4.69, 9.17) is 5.73 Å². The normalized spacial score (nSPS) is 11.1. The second-order valence-electron chi connectivity index (χ2n) is 6.32. The fourth-order valence-corrected chi connectivity index (χ4v) is 3.52. The number of primary amides is 1. The third-order valence-corrected chi connectivity index (χ3v) is 4.89. The van der Waals surface area contributed by atoms with Crippen molar-refractivity contribution in [2.24, 2.45) is 12.8 Å². The summed E-state index contributed by atoms with van der Waals surface area (Å²) in [6, 6.07) is 1.40. The van der Waals surface area contributed by atoms with E-state index >= 15 is 0 Å². The van der Waals surface area contributed by atoms with Crippen LogP contribution in [0.1, 0.15) is 11.4 Å². The molecule has 4 heterocycles. The van der Waals surface area contributed by atoms with E-state index in [2.05, 4.69) is 30.1 Å². The Morgan fingerprint density at radius 3 is 2.86 bits per heavy atom. The zero-order valence-corrected chi connectivity index (χ0v) is 16.2. The van der Waals surface area contributed by atoms with Crippen LogP contribution in [0.15, 0.2) is 30.9 Å². The molecule has 0 aliphatic heterocycles. The van der Waals surface area contributed by atoms with Gasteiger partial charge in [0.2, 0.25) is 0 Å². The van der Waals surface area contributed by atoms with Gasteiger partial charge in [0.05, 0.1) is 29.5 Å². The molecule has 0 saturated heterocycles. The predicted molar refractivity (Wildman–Crippen MR) is 107 cm³/mol. The molecule has 0 atom stereocenters. The van der Waals surface area contributed by atoms with Crippen molar-refractivity contribution < 1.29 is 4.79 Å². The zero-order chi connectivity index (χ0) is 19.7. The molecule has 0 unspecified atom stereocenters. The molecule has 10 nitrogen and oxygen atoms in total. The molecule has 4 rings (SSSR count). The smallest absolute Gasteiger partial charge is 0.312 e. The van der Waals surface area contributed by atoms with Crippen LogP contribution in [0, 0.1) is 6.92 Å². The van der Waals surface area contributed by atoms with Crippen LogP contribution in [-0.4, -0.2) is 41.1 Å². The van der Waals surface area contributed by atoms with Gasteiger partial charge in [0, 0.05) is 38.0 Å². The molecule has 4 N–H and O–H groups in total. The molecule has 2 amide bonds. The van der Waals surface area contributed by atoms with Gasteiger partial charge in [-0.05, 0) is 24.5 Å². The Morgan fingerprint density at radius 1 is 1.32 bits per heavy atom. The van der Waals surface area contributed by atoms with E-state index in [1.54, 1.807) is 17.1 Å². The fraction of sp³-hybridized carbons (Fsp3) is 0.235. The molecule has 144 valence electrons. The second kappa shape index (κ2) is 7.27. The molecule has 0 fully saturated rings. The number of carbonyl (C=O) groups excluding carboxylic acids is 1. The van der Waals surface area contributed by atoms with Gasteiger partial charge in [0.15, 0.2) is 11.5 Å². The van der Waals surface area contributed by atoms with Crippen LogP contribution in [0.3, 0.4) is 0 Å². The Hall–Kier alpha value is -3.47. The van der Waals surface area contributed by atoms with Crippen LogP contribution < -0.4 is 16.4 Å². The number of imidazole rings is 1. The van der Waals surface area contributed by atoms with E-state index in [1.807, 2.05) is 36.8 Å². The Kier molecular flexibility index (Phi) is 4.65. The lowest BCUT2D eigenvalue weighted by Crippen LogP contribution is -2.31. The Morgan fingerprint density at radius 2 is 2.18 bits per heavy atom. The fourth-order valence-electron chi connectivity index (χ4n) is 2.86. The molecule has 4 aromatic rings. The number of fused-ring (bicyclic) bond motifs is 1. The average molecular weight is 397 g/mol. The molecule has 0 spiro atoms. The lowest BCUT2D eigenvalue weighted by molar-refractivity contribution is 0.249. The Labute approximate surface area is 164 Å². The van der Waals surface area contributed by atoms with Crippen molar-refractivity contribution in [1.29, 1.82) is 0 Å². The van der Waals surface area contributed by atoms with Crippen LogP contribution in [0.2, 0.25) is 0 Å². The summed E-state index contributed by atoms with van der Waals surface area (Å²) in [6.07, 6.45) is 7.95. The highest BCUT2D eigenvalue weighted by atomic mass is 32.1. The number of carbonyl (C=O) groups is 1. The number of aryl methyl sites for hydroxylation is 2. The first-order valence-electron chi connectivity index (χ1n) is 8.59. The van der Waals surface area contributed by atoms with Crippen molar-refractivity contribution in [2.75, 3.05) is 11.9 Å². The van der Waals surface area contributed by atoms with Gasteiger partial charge in [-0.2, -0.15) is 9.47 Å². The highest BCUT2D eigenvalue weighted by molar-refractivity contribution is 7.10. The van der Waals surface area contributed by atoms with Crippen LogP contribution >= 0.6 is 11.5 Å². The molecule has 0 aliphatic rings. The molecule has 28 heavy (non-hydrogen) atoms. The number of aromatic nitrogens is 6. The van der Waals surface area contributed by atoms with Gasteiger partial charge >= 0.3 is 6.03 Å². The minimum absolute atomic E-state index is 0.393. The van der Waals surface area contributed by atoms with Gasteiger partial charge in [-0.15, -0.1) is 0 Å². The van der Waals surface area contributed by atoms with Crippen molar-refractivity contribution in [3.8, 4) is 11.3 Å². The van der Waals surface area contributed by atoms with E-state index in [0.717, 1.165) is 27.6 Å². The van der Waals surface area contributed by atoms with Crippen LogP contribution in [0.25, 0.3) is 16.9 Å². The number of anilines is 2. The summed E-state index contributed by atoms with van der Waals surface area (Å²) in [5, 5.41) is 11.0. The van der Waals surface area contributed by atoms with Crippen LogP contribution in [-0.2, 0) is 13.5 Å². The minimum Gasteiger partial charge on any atom is -0.352 e. The molecule has 4 aromatic heterocycles. The Balaban J connectivity index is 1.76. The van der Waals surface area contributed by atoms with E-state index in [-0.39, 0.29) is 0 Å². The number of nitrogens with zero attached hydrogens (tertiary/aromatic N) is 6. The van der Waals surface area contributed by atoms with E-state index in [9.17, 15) is 4.79 Å². The molecule has 11 heteroatoms. The summed E-state index contributed by atoms with van der Waals surface area (Å²) in [7, 11) is 1.87. The molecule has 0 radical (unpaired) electrons. The highest BCUT2D eigenvalue weighted by Gasteiger charge is 2.15. The van der Waals surface area contributed by atoms with Crippen molar-refractivity contribution >= 4 is 34.0 Å². The second-order valence-corrected chi connectivity index (χ2v) is 7.12. The van der Waals surface area contributed by atoms with Crippen molar-refractivity contribution in [1.82, 2.24) is 33.8 Å². The van der Waals surface area contributed by atoms with E-state index < -0.39 is 6.03 Å². The molecule has 0 aromatic carbocycles. The maximum atomic E-state index is 11.0. The van der Waals surface area contributed by atoms with Gasteiger partial charge in [-0.1, -0.05) is 0 Å². The number of rotatable bonds is 6. The number of hydrogen-bond acceptors (Lipinski definition) is 7. The maximum absolute atomic E-state index is 11.0. The van der Waals surface area contributed by atoms with Crippen LogP contribution in [0.4, 0.5) is 15.6 Å². The number of hydrogen-bond donors (Lipinski definition) is 3. The monoisotopic (exact) mass is 397 g/mol. The third kappa shape index (κ3) is 3.64. The number of nitrogens with two attached hydrogens (primary N) is 1. The first-order valence-corrected chi connectivity index (χ1v) is 9.36. The lowest BCUT2D eigenvalue weighted by Gasteiger charge is -2.10. The standard InChI is InChI=1S/C17H19N9OS/c1-10-5-14(28-24-10)23-15-16-20-7-13(11-6-21-25(2)8-11)26(16)9-12(22-15)3-4-19-17(18)27/h5-9H,3-4H2,1-2H3,(H,22,23)(H3,18,19,27). The summed E-state index contributed by atoms with van der Waals surface area (Å²) in [5.74, 6) is 0.621. The van der Waals surface area contributed by atoms with Crippen LogP contribution in [0.5, 0.6) is 0 Å². The topological polar surface area (TPSA) is 128 Å². The van der Waals surface area contributed by atoms with Gasteiger partial charge in [-0.25, -0.2) is 14.8 Å². The van der Waals surface area contributed by atoms with Gasteiger partial charge in [-0.3, -0.25) is 9.08 Å². The summed E-state index contributed by atoms with van der Waals surface area (Å²) < 4.78 is 8.01. The lowest BCUT2D eigenvalue weighted by atomic mass is 10.2. The van der Waals surface area contributed by atoms with Gasteiger partial charge in [0.25, 0.3) is 0 Å². The Bertz CT molecular complexity index is 1140. The minimum atomic E-state index is -0.557. The first-order chi connectivity index (χ1) is 13.5. The SMILES string of the molecule is Cc1cc(Nc2nc(CCNC(N)=O)cn3c(-c4cnn(C)c4)cnc23)sn1. The van der Waals surface area contributed by atoms with Gasteiger partial charge in [0.1, 0.15) is 5.00 Å². The molecule has 0 aliphatic carbocycles. The summed E-state index contributed by atoms with van der Waals surface area (Å²) in [6.45, 7) is 2.33. The molecular weight excluding hydrogens is 378 g/mol. The maximum Gasteiger partial charge on any atom is 0.312 e. The molecular formula is C17H19N9OS. The quantitative estimate of drug-likeness (QED) is 0.455. The zero-order valence-electron chi connectivity index (χ0n) is 15.4. The van der Waals surface area contributed by atoms with Crippen molar-refractivity contribution in [2.45, 2.75) is 13.3 Å². The van der Waals surface area contributed by atoms with Crippen molar-refractivity contribution in [3.05, 3.63) is 42.2 Å². The van der Waals surface area contributed by atoms with Gasteiger partial charge < -0.3 is 16.4 Å². The predicted octanol–water partition coefficient (Wildman–Crippen LogP) is 1.85. The number of amides is 2. The molecule has 0 saturated carbocycles. The average Bonchev–Trinajstić information content (AvgIpc) is 3.35. The van der Waals surface area contributed by atoms with Crippen molar-refractivity contribution in [3.63, 3.8) is 0 Å². The van der Waals surface area contributed by atoms with E-state index in [0.29, 0.717) is 24.4 Å². The first kappa shape index (κ1) is 17.9. The largest absolute Gasteiger partial charge is 0.352 e. The van der Waals surface area contributed by atoms with E-state index in [1.165, 1.54) is 11.5 Å². The number of urea groups is 1. The summed E-state index contributed by atoms with van der Waals surface area (Å²) in [4.78, 5) is 20.2. The summed E-state index contributed by atoms with van der Waals surface area (Å²) in [5.41, 5.74) is 9.41.